The molecule has 0 bridgehead atoms. The van der Waals surface area contributed by atoms with Crippen molar-refractivity contribution < 1.29 is 19.3 Å². The van der Waals surface area contributed by atoms with Gasteiger partial charge in [-0.1, -0.05) is 0 Å². The third kappa shape index (κ3) is 6.71. The zero-order valence-electron chi connectivity index (χ0n) is 16.7. The number of benzene rings is 2. The van der Waals surface area contributed by atoms with Crippen molar-refractivity contribution in [3.8, 4) is 0 Å². The van der Waals surface area contributed by atoms with Crippen LogP contribution >= 0.6 is 12.2 Å². The summed E-state index contributed by atoms with van der Waals surface area (Å²) in [7, 11) is 0. The van der Waals surface area contributed by atoms with Gasteiger partial charge in [-0.3, -0.25) is 40.7 Å². The number of nitrogens with one attached hydrogen (secondary N) is 4. The van der Waals surface area contributed by atoms with Crippen molar-refractivity contribution in [1.82, 2.24) is 16.2 Å². The summed E-state index contributed by atoms with van der Waals surface area (Å²) in [5.41, 5.74) is 6.26. The van der Waals surface area contributed by atoms with Gasteiger partial charge in [-0.05, 0) is 73.1 Å². The Morgan fingerprint density at radius 3 is 2.25 bits per heavy atom. The number of carbonyl (C=O) groups is 3. The number of nitrogens with zero attached hydrogens (tertiary/aromatic N) is 1. The number of hydrogen-bond donors (Lipinski definition) is 4. The van der Waals surface area contributed by atoms with Gasteiger partial charge in [-0.15, -0.1) is 0 Å². The Labute approximate surface area is 188 Å². The van der Waals surface area contributed by atoms with Crippen molar-refractivity contribution in [1.29, 1.82) is 0 Å². The quantitative estimate of drug-likeness (QED) is 0.227. The minimum Gasteiger partial charge on any atom is -0.326 e. The van der Waals surface area contributed by atoms with Crippen LogP contribution in [-0.4, -0.2) is 27.8 Å². The van der Waals surface area contributed by atoms with Crippen molar-refractivity contribution in [3.63, 3.8) is 0 Å². The molecule has 0 heterocycles. The fourth-order valence-electron chi connectivity index (χ4n) is 2.54. The lowest BCUT2D eigenvalue weighted by Gasteiger charge is -2.10. The minimum atomic E-state index is -0.550. The van der Waals surface area contributed by atoms with Gasteiger partial charge in [0, 0.05) is 35.4 Å². The molecule has 1 saturated carbocycles. The Bertz CT molecular complexity index is 1080. The molecule has 164 valence electrons. The summed E-state index contributed by atoms with van der Waals surface area (Å²) in [5, 5.41) is 15.7. The average molecular weight is 453 g/mol. The molecule has 11 heteroatoms. The third-order valence-corrected chi connectivity index (χ3v) is 4.62. The van der Waals surface area contributed by atoms with Crippen LogP contribution in [0.5, 0.6) is 0 Å². The Balaban J connectivity index is 1.42. The highest BCUT2D eigenvalue weighted by molar-refractivity contribution is 7.80. The molecule has 0 radical (unpaired) electrons. The Morgan fingerprint density at radius 1 is 1.00 bits per heavy atom. The van der Waals surface area contributed by atoms with Gasteiger partial charge in [-0.2, -0.15) is 0 Å². The Kier molecular flexibility index (Phi) is 7.24. The van der Waals surface area contributed by atoms with E-state index >= 15 is 0 Å². The molecule has 1 fully saturated rings. The van der Waals surface area contributed by atoms with E-state index in [1.807, 2.05) is 0 Å². The van der Waals surface area contributed by atoms with E-state index in [4.69, 9.17) is 12.2 Å². The number of nitro groups is 1. The molecule has 0 atom stereocenters. The van der Waals surface area contributed by atoms with Gasteiger partial charge in [0.25, 0.3) is 11.6 Å². The molecular formula is C21H19N5O5S. The monoisotopic (exact) mass is 453 g/mol. The van der Waals surface area contributed by atoms with E-state index < -0.39 is 16.7 Å². The van der Waals surface area contributed by atoms with E-state index in [1.54, 1.807) is 24.3 Å². The van der Waals surface area contributed by atoms with Gasteiger partial charge >= 0.3 is 0 Å². The summed E-state index contributed by atoms with van der Waals surface area (Å²) in [4.78, 5) is 46.0. The van der Waals surface area contributed by atoms with Crippen LogP contribution in [0.4, 0.5) is 11.4 Å². The maximum Gasteiger partial charge on any atom is 0.269 e. The molecule has 0 saturated heterocycles. The molecule has 0 aromatic heterocycles. The van der Waals surface area contributed by atoms with Crippen molar-refractivity contribution in [2.24, 2.45) is 5.92 Å². The second-order valence-corrected chi connectivity index (χ2v) is 7.33. The fourth-order valence-corrected chi connectivity index (χ4v) is 2.70. The van der Waals surface area contributed by atoms with Gasteiger partial charge < -0.3 is 5.32 Å². The molecule has 10 nitrogen and oxygen atoms in total. The first-order valence-corrected chi connectivity index (χ1v) is 9.97. The van der Waals surface area contributed by atoms with Crippen LogP contribution in [0, 0.1) is 16.0 Å². The number of amides is 3. The van der Waals surface area contributed by atoms with Gasteiger partial charge in [0.2, 0.25) is 11.8 Å². The highest BCUT2D eigenvalue weighted by Gasteiger charge is 2.29. The predicted molar refractivity (Wildman–Crippen MR) is 121 cm³/mol. The fraction of sp³-hybridized carbons (Fsp3) is 0.143. The Hall–Kier alpha value is -4.12. The molecule has 0 unspecified atom stereocenters. The molecule has 1 aliphatic rings. The summed E-state index contributed by atoms with van der Waals surface area (Å²) < 4.78 is 0. The van der Waals surface area contributed by atoms with Crippen molar-refractivity contribution in [2.75, 3.05) is 5.32 Å². The van der Waals surface area contributed by atoms with Gasteiger partial charge in [0.05, 0.1) is 4.92 Å². The average Bonchev–Trinajstić information content (AvgIpc) is 3.62. The molecule has 3 rings (SSSR count). The molecule has 2 aromatic rings. The zero-order chi connectivity index (χ0) is 23.1. The highest BCUT2D eigenvalue weighted by atomic mass is 32.1. The number of carbonyl (C=O) groups excluding carboxylic acids is 3. The Morgan fingerprint density at radius 2 is 1.66 bits per heavy atom. The normalized spacial score (nSPS) is 12.6. The lowest BCUT2D eigenvalue weighted by molar-refractivity contribution is -0.384. The van der Waals surface area contributed by atoms with E-state index in [1.165, 1.54) is 36.4 Å². The number of anilines is 1. The number of non-ortho nitro benzene ring substituents is 1. The van der Waals surface area contributed by atoms with Crippen LogP contribution in [0.3, 0.4) is 0 Å². The van der Waals surface area contributed by atoms with Crippen LogP contribution < -0.4 is 21.5 Å². The molecule has 1 aliphatic carbocycles. The molecule has 4 N–H and O–H groups in total. The molecule has 0 spiro atoms. The van der Waals surface area contributed by atoms with Gasteiger partial charge in [0.15, 0.2) is 5.11 Å². The van der Waals surface area contributed by atoms with E-state index in [0.717, 1.165) is 12.8 Å². The second kappa shape index (κ2) is 10.3. The maximum atomic E-state index is 12.2. The van der Waals surface area contributed by atoms with E-state index in [9.17, 15) is 24.5 Å². The molecule has 0 aliphatic heterocycles. The molecule has 2 aromatic carbocycles. The maximum absolute atomic E-state index is 12.2. The summed E-state index contributed by atoms with van der Waals surface area (Å²) >= 11 is 4.96. The lowest BCUT2D eigenvalue weighted by Crippen LogP contribution is -2.48. The second-order valence-electron chi connectivity index (χ2n) is 6.92. The first kappa shape index (κ1) is 22.6. The van der Waals surface area contributed by atoms with Crippen molar-refractivity contribution in [2.45, 2.75) is 12.8 Å². The third-order valence-electron chi connectivity index (χ3n) is 4.42. The van der Waals surface area contributed by atoms with E-state index in [-0.39, 0.29) is 22.6 Å². The summed E-state index contributed by atoms with van der Waals surface area (Å²) in [6, 6.07) is 12.0. The highest BCUT2D eigenvalue weighted by Crippen LogP contribution is 2.30. The summed E-state index contributed by atoms with van der Waals surface area (Å²) in [5.74, 6) is -0.969. The SMILES string of the molecule is O=C(/C=C/c1ccc([N+](=O)[O-])cc1)NC(=S)NNC(=O)c1ccc(NC(=O)C2CC2)cc1. The van der Waals surface area contributed by atoms with Gasteiger partial charge in [-0.25, -0.2) is 0 Å². The zero-order valence-corrected chi connectivity index (χ0v) is 17.5. The number of hydrazine groups is 1. The molecular weight excluding hydrogens is 434 g/mol. The number of thiocarbonyl (C=S) groups is 1. The number of hydrogen-bond acceptors (Lipinski definition) is 6. The first-order chi connectivity index (χ1) is 15.3. The van der Waals surface area contributed by atoms with E-state index in [0.29, 0.717) is 16.8 Å². The topological polar surface area (TPSA) is 142 Å². The minimum absolute atomic E-state index is 0.0208. The number of nitro benzene ring substituents is 1. The predicted octanol–water partition coefficient (Wildman–Crippen LogP) is 2.29. The number of rotatable bonds is 6. The summed E-state index contributed by atoms with van der Waals surface area (Å²) in [6.07, 6.45) is 4.47. The smallest absolute Gasteiger partial charge is 0.269 e. The molecule has 32 heavy (non-hydrogen) atoms. The largest absolute Gasteiger partial charge is 0.326 e. The summed E-state index contributed by atoms with van der Waals surface area (Å²) in [6.45, 7) is 0. The van der Waals surface area contributed by atoms with Crippen LogP contribution in [-0.2, 0) is 9.59 Å². The van der Waals surface area contributed by atoms with Gasteiger partial charge in [0.1, 0.15) is 0 Å². The van der Waals surface area contributed by atoms with Crippen LogP contribution in [0.25, 0.3) is 6.08 Å². The first-order valence-electron chi connectivity index (χ1n) is 9.56. The lowest BCUT2D eigenvalue weighted by atomic mass is 10.2. The van der Waals surface area contributed by atoms with Crippen molar-refractivity contribution >= 4 is 52.5 Å². The van der Waals surface area contributed by atoms with E-state index in [2.05, 4.69) is 21.5 Å². The van der Waals surface area contributed by atoms with Crippen LogP contribution in [0.2, 0.25) is 0 Å². The standard InChI is InChI=1S/C21H19N5O5S/c27-18(12-3-13-1-10-17(11-2-13)26(30)31)23-21(32)25-24-20(29)15-6-8-16(9-7-15)22-19(28)14-4-5-14/h1-3,6-12,14H,4-5H2,(H,22,28)(H,24,29)(H2,23,25,27,32)/b12-3+. The van der Waals surface area contributed by atoms with Crippen LogP contribution in [0.15, 0.2) is 54.6 Å². The van der Waals surface area contributed by atoms with Crippen LogP contribution in [0.1, 0.15) is 28.8 Å². The molecule has 3 amide bonds. The van der Waals surface area contributed by atoms with Crippen molar-refractivity contribution in [3.05, 3.63) is 75.8 Å².